The van der Waals surface area contributed by atoms with E-state index in [4.69, 9.17) is 4.74 Å². The van der Waals surface area contributed by atoms with E-state index in [1.54, 1.807) is 12.1 Å². The zero-order valence-corrected chi connectivity index (χ0v) is 12.2. The number of halogens is 3. The lowest BCUT2D eigenvalue weighted by molar-refractivity contribution is -0.137. The molecule has 0 radical (unpaired) electrons. The van der Waals surface area contributed by atoms with E-state index in [1.165, 1.54) is 12.1 Å². The molecule has 5 heteroatoms. The number of hydrogen-bond acceptors (Lipinski definition) is 2. The second-order valence-corrected chi connectivity index (χ2v) is 5.09. The molecular weight excluding hydrogens is 293 g/mol. The van der Waals surface area contributed by atoms with Gasteiger partial charge < -0.3 is 4.74 Å². The molecule has 2 nitrogen and oxygen atoms in total. The van der Waals surface area contributed by atoms with Gasteiger partial charge in [-0.3, -0.25) is 4.79 Å². The first kappa shape index (κ1) is 16.1. The smallest absolute Gasteiger partial charge is 0.416 e. The largest absolute Gasteiger partial charge is 0.488 e. The summed E-state index contributed by atoms with van der Waals surface area (Å²) in [7, 11) is 0. The fourth-order valence-electron chi connectivity index (χ4n) is 2.22. The topological polar surface area (TPSA) is 26.3 Å². The lowest BCUT2D eigenvalue weighted by Gasteiger charge is -2.13. The molecular formula is C17H15F3O2. The molecule has 2 aromatic carbocycles. The number of benzene rings is 2. The van der Waals surface area contributed by atoms with Crippen molar-refractivity contribution in [3.05, 3.63) is 64.2 Å². The maximum Gasteiger partial charge on any atom is 0.416 e. The Kier molecular flexibility index (Phi) is 4.54. The van der Waals surface area contributed by atoms with Crippen molar-refractivity contribution in [1.82, 2.24) is 0 Å². The summed E-state index contributed by atoms with van der Waals surface area (Å²) < 4.78 is 43.1. The van der Waals surface area contributed by atoms with Crippen LogP contribution in [-0.4, -0.2) is 6.29 Å². The number of ether oxygens (including phenoxy) is 1. The Balaban J connectivity index is 2.12. The SMILES string of the molecule is Cc1cc(C=O)cc(C)c1OCc1ccc(C(F)(F)F)cc1. The van der Waals surface area contributed by atoms with E-state index < -0.39 is 11.7 Å². The van der Waals surface area contributed by atoms with E-state index in [9.17, 15) is 18.0 Å². The van der Waals surface area contributed by atoms with Gasteiger partial charge in [0, 0.05) is 5.56 Å². The van der Waals surface area contributed by atoms with Crippen LogP contribution in [0.2, 0.25) is 0 Å². The van der Waals surface area contributed by atoms with Crippen LogP contribution in [0.5, 0.6) is 5.75 Å². The average Bonchev–Trinajstić information content (AvgIpc) is 2.45. The molecule has 0 spiro atoms. The predicted octanol–water partition coefficient (Wildman–Crippen LogP) is 4.71. The molecule has 0 saturated heterocycles. The van der Waals surface area contributed by atoms with Crippen molar-refractivity contribution < 1.29 is 22.7 Å². The van der Waals surface area contributed by atoms with Gasteiger partial charge in [0.15, 0.2) is 0 Å². The molecule has 2 aromatic rings. The number of carbonyl (C=O) groups excluding carboxylic acids is 1. The molecule has 0 atom stereocenters. The van der Waals surface area contributed by atoms with Gasteiger partial charge in [0.05, 0.1) is 5.56 Å². The van der Waals surface area contributed by atoms with Crippen LogP contribution in [0, 0.1) is 13.8 Å². The van der Waals surface area contributed by atoms with Crippen LogP contribution in [0.25, 0.3) is 0 Å². The minimum Gasteiger partial charge on any atom is -0.488 e. The molecule has 0 N–H and O–H groups in total. The molecule has 0 aliphatic heterocycles. The van der Waals surface area contributed by atoms with Gasteiger partial charge in [0.25, 0.3) is 0 Å². The van der Waals surface area contributed by atoms with Crippen LogP contribution in [-0.2, 0) is 12.8 Å². The molecule has 22 heavy (non-hydrogen) atoms. The van der Waals surface area contributed by atoms with Gasteiger partial charge in [-0.2, -0.15) is 13.2 Å². The monoisotopic (exact) mass is 308 g/mol. The first-order chi connectivity index (χ1) is 10.3. The van der Waals surface area contributed by atoms with Crippen molar-refractivity contribution in [3.8, 4) is 5.75 Å². The Hall–Kier alpha value is -2.30. The molecule has 0 heterocycles. The lowest BCUT2D eigenvalue weighted by Crippen LogP contribution is -2.05. The lowest BCUT2D eigenvalue weighted by atomic mass is 10.1. The van der Waals surface area contributed by atoms with Crippen LogP contribution in [0.3, 0.4) is 0 Å². The summed E-state index contributed by atoms with van der Waals surface area (Å²) in [6.45, 7) is 3.81. The van der Waals surface area contributed by atoms with E-state index in [0.29, 0.717) is 16.9 Å². The molecule has 2 rings (SSSR count). The van der Waals surface area contributed by atoms with Gasteiger partial charge in [-0.15, -0.1) is 0 Å². The normalized spacial score (nSPS) is 11.3. The maximum atomic E-state index is 12.5. The molecule has 0 amide bonds. The molecule has 0 saturated carbocycles. The molecule has 0 aliphatic rings. The van der Waals surface area contributed by atoms with Crippen molar-refractivity contribution in [2.75, 3.05) is 0 Å². The van der Waals surface area contributed by atoms with E-state index in [-0.39, 0.29) is 6.61 Å². The van der Waals surface area contributed by atoms with Gasteiger partial charge >= 0.3 is 6.18 Å². The second kappa shape index (κ2) is 6.22. The highest BCUT2D eigenvalue weighted by Gasteiger charge is 2.29. The van der Waals surface area contributed by atoms with Crippen molar-refractivity contribution in [2.45, 2.75) is 26.6 Å². The Bertz CT molecular complexity index is 650. The van der Waals surface area contributed by atoms with Crippen molar-refractivity contribution in [3.63, 3.8) is 0 Å². The van der Waals surface area contributed by atoms with Gasteiger partial charge in [-0.1, -0.05) is 12.1 Å². The number of carbonyl (C=O) groups is 1. The minimum absolute atomic E-state index is 0.167. The average molecular weight is 308 g/mol. The summed E-state index contributed by atoms with van der Waals surface area (Å²) in [5.41, 5.74) is 2.16. The quantitative estimate of drug-likeness (QED) is 0.764. The summed E-state index contributed by atoms with van der Waals surface area (Å²) in [5, 5.41) is 0. The predicted molar refractivity (Wildman–Crippen MR) is 77.1 cm³/mol. The minimum atomic E-state index is -4.34. The van der Waals surface area contributed by atoms with Gasteiger partial charge in [-0.05, 0) is 54.8 Å². The van der Waals surface area contributed by atoms with Gasteiger partial charge in [0.2, 0.25) is 0 Å². The molecule has 116 valence electrons. The molecule has 0 aromatic heterocycles. The molecule has 0 fully saturated rings. The zero-order chi connectivity index (χ0) is 16.3. The van der Waals surface area contributed by atoms with E-state index >= 15 is 0 Å². The van der Waals surface area contributed by atoms with E-state index in [1.807, 2.05) is 13.8 Å². The highest BCUT2D eigenvalue weighted by atomic mass is 19.4. The number of aldehydes is 1. The fourth-order valence-corrected chi connectivity index (χ4v) is 2.22. The first-order valence-corrected chi connectivity index (χ1v) is 6.66. The summed E-state index contributed by atoms with van der Waals surface area (Å²) in [6, 6.07) is 8.28. The van der Waals surface area contributed by atoms with Crippen molar-refractivity contribution in [1.29, 1.82) is 0 Å². The molecule has 0 bridgehead atoms. The Labute approximate surface area is 126 Å². The molecule has 0 aliphatic carbocycles. The third-order valence-corrected chi connectivity index (χ3v) is 3.28. The highest BCUT2D eigenvalue weighted by molar-refractivity contribution is 5.76. The Morgan fingerprint density at radius 2 is 1.59 bits per heavy atom. The van der Waals surface area contributed by atoms with Crippen LogP contribution in [0.15, 0.2) is 36.4 Å². The van der Waals surface area contributed by atoms with Gasteiger partial charge in [-0.25, -0.2) is 0 Å². The van der Waals surface area contributed by atoms with Crippen molar-refractivity contribution in [2.24, 2.45) is 0 Å². The zero-order valence-electron chi connectivity index (χ0n) is 12.2. The molecule has 0 unspecified atom stereocenters. The Morgan fingerprint density at radius 1 is 1.05 bits per heavy atom. The number of aryl methyl sites for hydroxylation is 2. The van der Waals surface area contributed by atoms with Crippen molar-refractivity contribution >= 4 is 6.29 Å². The van der Waals surface area contributed by atoms with Gasteiger partial charge in [0.1, 0.15) is 18.6 Å². The first-order valence-electron chi connectivity index (χ1n) is 6.66. The fraction of sp³-hybridized carbons (Fsp3) is 0.235. The van der Waals surface area contributed by atoms with Crippen LogP contribution in [0.4, 0.5) is 13.2 Å². The summed E-state index contributed by atoms with van der Waals surface area (Å²) in [5.74, 6) is 0.644. The Morgan fingerprint density at radius 3 is 2.05 bits per heavy atom. The maximum absolute atomic E-state index is 12.5. The van der Waals surface area contributed by atoms with Crippen LogP contribution in [0.1, 0.15) is 32.6 Å². The summed E-state index contributed by atoms with van der Waals surface area (Å²) >= 11 is 0. The summed E-state index contributed by atoms with van der Waals surface area (Å²) in [6.07, 6.45) is -3.57. The third kappa shape index (κ3) is 3.67. The highest BCUT2D eigenvalue weighted by Crippen LogP contribution is 2.29. The number of hydrogen-bond donors (Lipinski definition) is 0. The number of rotatable bonds is 4. The van der Waals surface area contributed by atoms with E-state index in [0.717, 1.165) is 29.5 Å². The van der Waals surface area contributed by atoms with E-state index in [2.05, 4.69) is 0 Å². The van der Waals surface area contributed by atoms with Crippen LogP contribution < -0.4 is 4.74 Å². The standard InChI is InChI=1S/C17H15F3O2/c1-11-7-14(9-21)8-12(2)16(11)22-10-13-3-5-15(6-4-13)17(18,19)20/h3-9H,10H2,1-2H3. The summed E-state index contributed by atoms with van der Waals surface area (Å²) in [4.78, 5) is 10.8. The second-order valence-electron chi connectivity index (χ2n) is 5.09. The number of alkyl halides is 3. The van der Waals surface area contributed by atoms with Crippen LogP contribution >= 0.6 is 0 Å². The third-order valence-electron chi connectivity index (χ3n) is 3.28.